The predicted octanol–water partition coefficient (Wildman–Crippen LogP) is 3.49. The van der Waals surface area contributed by atoms with Crippen molar-refractivity contribution in [2.75, 3.05) is 20.2 Å². The highest BCUT2D eigenvalue weighted by Gasteiger charge is 2.72. The van der Waals surface area contributed by atoms with Gasteiger partial charge >= 0.3 is 24.1 Å². The zero-order chi connectivity index (χ0) is 32.0. The van der Waals surface area contributed by atoms with Gasteiger partial charge in [0.05, 0.1) is 24.0 Å². The number of aliphatic hydroxyl groups is 1. The summed E-state index contributed by atoms with van der Waals surface area (Å²) in [6.45, 7) is 9.03. The van der Waals surface area contributed by atoms with Crippen molar-refractivity contribution in [2.45, 2.75) is 108 Å². The Hall–Kier alpha value is -3.64. The fraction of sp³-hybridized carbons (Fsp3) is 0.625. The van der Waals surface area contributed by atoms with Gasteiger partial charge in [0.15, 0.2) is 17.6 Å². The van der Waals surface area contributed by atoms with Gasteiger partial charge in [-0.2, -0.15) is 0 Å². The number of hydrogen-bond donors (Lipinski definition) is 1. The van der Waals surface area contributed by atoms with E-state index >= 15 is 0 Å². The smallest absolute Gasteiger partial charge is 0.477 e. The zero-order valence-corrected chi connectivity index (χ0v) is 26.1. The maximum Gasteiger partial charge on any atom is 0.514 e. The number of likely N-dealkylation sites (N-methyl/N-ethyl adjacent to an activating group) is 1. The van der Waals surface area contributed by atoms with Crippen molar-refractivity contribution in [1.82, 2.24) is 4.90 Å². The number of carbonyl (C=O) groups is 4. The number of rotatable bonds is 9. The van der Waals surface area contributed by atoms with Crippen molar-refractivity contribution in [1.29, 1.82) is 0 Å². The molecule has 2 heterocycles. The third-order valence-corrected chi connectivity index (χ3v) is 8.82. The first-order chi connectivity index (χ1) is 20.7. The van der Waals surface area contributed by atoms with Crippen LogP contribution in [0.25, 0.3) is 0 Å². The molecule has 44 heavy (non-hydrogen) atoms. The number of piperidine rings is 1. The van der Waals surface area contributed by atoms with Crippen molar-refractivity contribution >= 4 is 24.1 Å². The Kier molecular flexibility index (Phi) is 8.45. The summed E-state index contributed by atoms with van der Waals surface area (Å²) >= 11 is 0. The lowest BCUT2D eigenvalue weighted by Crippen LogP contribution is -2.74. The molecular weight excluding hydrogens is 574 g/mol. The minimum Gasteiger partial charge on any atom is -0.477 e. The van der Waals surface area contributed by atoms with E-state index in [1.54, 1.807) is 32.9 Å². The molecule has 5 atom stereocenters. The number of likely N-dealkylation sites (tertiary alicyclic amines) is 1. The van der Waals surface area contributed by atoms with Crippen LogP contribution in [0.15, 0.2) is 24.0 Å². The van der Waals surface area contributed by atoms with Crippen molar-refractivity contribution in [3.63, 3.8) is 0 Å². The molecule has 4 aliphatic rings. The molecule has 2 aliphatic carbocycles. The summed E-state index contributed by atoms with van der Waals surface area (Å²) < 4.78 is 33.6. The van der Waals surface area contributed by atoms with Gasteiger partial charge in [-0.25, -0.2) is 9.59 Å². The molecule has 240 valence electrons. The molecule has 0 amide bonds. The topological polar surface area (TPSA) is 147 Å². The highest BCUT2D eigenvalue weighted by molar-refractivity contribution is 5.84. The van der Waals surface area contributed by atoms with Gasteiger partial charge < -0.3 is 38.4 Å². The number of esters is 3. The lowest BCUT2D eigenvalue weighted by atomic mass is 9.50. The molecule has 2 bridgehead atoms. The van der Waals surface area contributed by atoms with Gasteiger partial charge in [-0.05, 0) is 71.3 Å². The van der Waals surface area contributed by atoms with Gasteiger partial charge in [0.25, 0.3) is 0 Å². The summed E-state index contributed by atoms with van der Waals surface area (Å²) in [5.74, 6) is -1.81. The second-order valence-electron chi connectivity index (χ2n) is 12.9. The van der Waals surface area contributed by atoms with Crippen LogP contribution in [0.3, 0.4) is 0 Å². The summed E-state index contributed by atoms with van der Waals surface area (Å²) in [6, 6.07) is 3.28. The Balaban J connectivity index is 1.45. The first kappa shape index (κ1) is 31.8. The fourth-order valence-electron chi connectivity index (χ4n) is 6.98. The first-order valence-corrected chi connectivity index (χ1v) is 15.1. The van der Waals surface area contributed by atoms with Gasteiger partial charge in [0, 0.05) is 24.9 Å². The molecule has 1 aromatic carbocycles. The largest absolute Gasteiger partial charge is 0.514 e. The lowest BCUT2D eigenvalue weighted by molar-refractivity contribution is -0.174. The number of ether oxygens (including phenoxy) is 6. The second-order valence-corrected chi connectivity index (χ2v) is 12.9. The van der Waals surface area contributed by atoms with Crippen LogP contribution >= 0.6 is 0 Å². The van der Waals surface area contributed by atoms with Crippen molar-refractivity contribution in [3.8, 4) is 11.5 Å². The van der Waals surface area contributed by atoms with E-state index in [4.69, 9.17) is 28.4 Å². The highest BCUT2D eigenvalue weighted by Crippen LogP contribution is 2.65. The number of benzene rings is 1. The standard InChI is InChI=1S/C32H41NO11/c1-7-8-15-39-28(36)22(40-18(2)34)17-24(35)41-21-11-12-32(38)23-16-19-9-10-20(42-29(37)44-30(3,4)5)26-25(19)31(32,27(21)43-26)13-14-33(23)6/h9-11,22-23,27,38H,7-8,12-17H2,1-6H3/t22?,23-,27+,31+,32-/m1/s1. The molecule has 0 aromatic heterocycles. The third-order valence-electron chi connectivity index (χ3n) is 8.82. The highest BCUT2D eigenvalue weighted by atomic mass is 16.7. The van der Waals surface area contributed by atoms with Crippen LogP contribution in [-0.4, -0.2) is 83.7 Å². The van der Waals surface area contributed by atoms with E-state index in [1.165, 1.54) is 0 Å². The molecule has 12 nitrogen and oxygen atoms in total. The van der Waals surface area contributed by atoms with Crippen LogP contribution in [0.1, 0.15) is 77.8 Å². The number of nitrogens with zero attached hydrogens (tertiary/aromatic N) is 1. The second kappa shape index (κ2) is 11.7. The van der Waals surface area contributed by atoms with Crippen molar-refractivity contribution < 1.29 is 52.7 Å². The van der Waals surface area contributed by atoms with Crippen LogP contribution in [0.5, 0.6) is 11.5 Å². The van der Waals surface area contributed by atoms with Gasteiger partial charge in [0.2, 0.25) is 6.10 Å². The molecule has 0 saturated carbocycles. The monoisotopic (exact) mass is 615 g/mol. The Morgan fingerprint density at radius 2 is 1.93 bits per heavy atom. The van der Waals surface area contributed by atoms with E-state index in [9.17, 15) is 24.3 Å². The summed E-state index contributed by atoms with van der Waals surface area (Å²) in [4.78, 5) is 52.3. The number of hydrogen-bond acceptors (Lipinski definition) is 12. The summed E-state index contributed by atoms with van der Waals surface area (Å²) in [6.07, 6.45) is 0.387. The minimum atomic E-state index is -1.47. The molecule has 1 saturated heterocycles. The van der Waals surface area contributed by atoms with Crippen LogP contribution in [0.4, 0.5) is 4.79 Å². The van der Waals surface area contributed by atoms with Crippen molar-refractivity contribution in [3.05, 3.63) is 35.1 Å². The molecule has 1 aromatic rings. The molecular formula is C32H41NO11. The lowest BCUT2D eigenvalue weighted by Gasteiger charge is -2.61. The van der Waals surface area contributed by atoms with Crippen LogP contribution < -0.4 is 9.47 Å². The molecule has 12 heteroatoms. The van der Waals surface area contributed by atoms with Crippen LogP contribution in [0.2, 0.25) is 0 Å². The summed E-state index contributed by atoms with van der Waals surface area (Å²) in [7, 11) is 1.97. The van der Waals surface area contributed by atoms with Crippen LogP contribution in [0, 0.1) is 0 Å². The molecule has 1 spiro atoms. The average Bonchev–Trinajstić information content (AvgIpc) is 3.28. The molecule has 1 unspecified atom stereocenters. The molecule has 5 rings (SSSR count). The Labute approximate surface area is 256 Å². The summed E-state index contributed by atoms with van der Waals surface area (Å²) in [5, 5.41) is 12.4. The maximum atomic E-state index is 13.2. The van der Waals surface area contributed by atoms with Gasteiger partial charge in [-0.3, -0.25) is 9.59 Å². The predicted molar refractivity (Wildman–Crippen MR) is 154 cm³/mol. The fourth-order valence-corrected chi connectivity index (χ4v) is 6.98. The van der Waals surface area contributed by atoms with Gasteiger partial charge in [0.1, 0.15) is 11.4 Å². The van der Waals surface area contributed by atoms with E-state index < -0.39 is 59.3 Å². The Morgan fingerprint density at radius 3 is 2.61 bits per heavy atom. The third kappa shape index (κ3) is 5.53. The Bertz CT molecular complexity index is 1380. The minimum absolute atomic E-state index is 0.133. The van der Waals surface area contributed by atoms with Crippen LogP contribution in [-0.2, 0) is 45.2 Å². The zero-order valence-electron chi connectivity index (χ0n) is 26.1. The van der Waals surface area contributed by atoms with E-state index in [0.717, 1.165) is 24.5 Å². The molecule has 1 N–H and O–H groups in total. The van der Waals surface area contributed by atoms with Crippen molar-refractivity contribution in [2.24, 2.45) is 0 Å². The molecule has 2 aliphatic heterocycles. The van der Waals surface area contributed by atoms with E-state index in [1.807, 2.05) is 20.0 Å². The number of carbonyl (C=O) groups excluding carboxylic acids is 4. The molecule has 1 fully saturated rings. The van der Waals surface area contributed by atoms with Gasteiger partial charge in [-0.15, -0.1) is 0 Å². The molecule has 0 radical (unpaired) electrons. The quantitative estimate of drug-likeness (QED) is 0.188. The normalized spacial score (nSPS) is 27.2. The van der Waals surface area contributed by atoms with E-state index in [2.05, 4.69) is 4.90 Å². The SMILES string of the molecule is CCCCOC(=O)C(CC(=O)OC1=CC[C@@]2(O)[C@H]3Cc4ccc(OC(=O)OC(C)(C)C)c5c4[C@@]2(CCN3C)[C@H]1O5)OC(C)=O. The van der Waals surface area contributed by atoms with Gasteiger partial charge in [-0.1, -0.05) is 19.4 Å². The maximum absolute atomic E-state index is 13.2. The Morgan fingerprint density at radius 1 is 1.18 bits per heavy atom. The van der Waals surface area contributed by atoms with E-state index in [-0.39, 0.29) is 30.6 Å². The first-order valence-electron chi connectivity index (χ1n) is 15.1. The van der Waals surface area contributed by atoms with E-state index in [0.29, 0.717) is 31.6 Å². The average molecular weight is 616 g/mol. The summed E-state index contributed by atoms with van der Waals surface area (Å²) in [5.41, 5.74) is -1.38. The number of unbranched alkanes of at least 4 members (excludes halogenated alkanes) is 1.